The van der Waals surface area contributed by atoms with Crippen molar-refractivity contribution in [2.75, 3.05) is 13.2 Å². The van der Waals surface area contributed by atoms with E-state index < -0.39 is 17.7 Å². The molecule has 10 heavy (non-hydrogen) atoms. The molecule has 53 valence electrons. The van der Waals surface area contributed by atoms with E-state index in [2.05, 4.69) is 17.4 Å². The summed E-state index contributed by atoms with van der Waals surface area (Å²) in [6.45, 7) is -0.707. The van der Waals surface area contributed by atoms with Gasteiger partial charge in [-0.2, -0.15) is 0 Å². The monoisotopic (exact) mass is 173 g/mol. The maximum Gasteiger partial charge on any atom is 0.329 e. The fourth-order valence-electron chi connectivity index (χ4n) is 0.226. The summed E-state index contributed by atoms with van der Waals surface area (Å²) < 4.78 is 4.33. The van der Waals surface area contributed by atoms with E-state index in [1.807, 2.05) is 0 Å². The van der Waals surface area contributed by atoms with Gasteiger partial charge in [0.25, 0.3) is 0 Å². The van der Waals surface area contributed by atoms with Crippen molar-refractivity contribution in [2.45, 2.75) is 0 Å². The number of hydrogen-bond donors (Lipinski definition) is 2. The fraction of sp³-hybridized carbons (Fsp3) is 0.500. The van der Waals surface area contributed by atoms with Gasteiger partial charge in [0.2, 0.25) is 5.12 Å². The maximum absolute atomic E-state index is 9.97. The first-order chi connectivity index (χ1) is 4.13. The van der Waals surface area contributed by atoms with Crippen LogP contribution in [-0.2, 0) is 14.3 Å². The number of ether oxygens (including phenoxy) is 1. The largest absolute Gasteiger partial charge is 0.480 e. The van der Waals surface area contributed by atoms with Crippen molar-refractivity contribution in [1.29, 1.82) is 0 Å². The molecule has 0 aromatic rings. The van der Waals surface area contributed by atoms with Gasteiger partial charge >= 0.3 is 5.97 Å². The number of carbonyl (C=O) groups excluding carboxylic acids is 1. The van der Waals surface area contributed by atoms with Gasteiger partial charge in [-0.25, -0.2) is 4.79 Å². The van der Waals surface area contributed by atoms with Gasteiger partial charge in [-0.1, -0.05) is 0 Å². The zero-order chi connectivity index (χ0) is 7.28. The Morgan fingerprint density at radius 3 is 2.20 bits per heavy atom. The van der Waals surface area contributed by atoms with Crippen LogP contribution in [0.1, 0.15) is 0 Å². The second kappa shape index (κ2) is 7.56. The minimum atomic E-state index is -1.09. The Morgan fingerprint density at radius 1 is 1.40 bits per heavy atom. The smallest absolute Gasteiger partial charge is 0.329 e. The summed E-state index contributed by atoms with van der Waals surface area (Å²) in [5.41, 5.74) is 0. The summed E-state index contributed by atoms with van der Waals surface area (Å²) in [4.78, 5) is 19.7. The van der Waals surface area contributed by atoms with Gasteiger partial charge in [0.05, 0.1) is 0 Å². The fourth-order valence-corrected chi connectivity index (χ4v) is 0.317. The van der Waals surface area contributed by atoms with Crippen molar-refractivity contribution in [3.8, 4) is 0 Å². The molecule has 0 saturated carbocycles. The van der Waals surface area contributed by atoms with E-state index in [0.717, 1.165) is 0 Å². The van der Waals surface area contributed by atoms with Crippen molar-refractivity contribution >= 4 is 53.3 Å². The molecule has 0 bridgehead atoms. The predicted molar refractivity (Wildman–Crippen MR) is 38.2 cm³/mol. The third-order valence-electron chi connectivity index (χ3n) is 0.451. The van der Waals surface area contributed by atoms with Crippen LogP contribution >= 0.6 is 12.6 Å². The Hall–Kier alpha value is 0.450. The average Bonchev–Trinajstić information content (AvgIpc) is 1.63. The number of carbonyl (C=O) groups is 2. The van der Waals surface area contributed by atoms with Gasteiger partial charge in [0.1, 0.15) is 13.2 Å². The van der Waals surface area contributed by atoms with E-state index in [1.54, 1.807) is 0 Å². The number of rotatable bonds is 4. The summed E-state index contributed by atoms with van der Waals surface area (Å²) in [7, 11) is 0. The van der Waals surface area contributed by atoms with Crippen molar-refractivity contribution < 1.29 is 19.4 Å². The van der Waals surface area contributed by atoms with E-state index in [9.17, 15) is 9.59 Å². The molecule has 6 heteroatoms. The summed E-state index contributed by atoms with van der Waals surface area (Å²) in [6.07, 6.45) is 0. The Bertz CT molecular complexity index is 112. The molecule has 0 aliphatic rings. The summed E-state index contributed by atoms with van der Waals surface area (Å²) in [5.74, 6) is -1.09. The Morgan fingerprint density at radius 2 is 1.90 bits per heavy atom. The van der Waals surface area contributed by atoms with Gasteiger partial charge in [-0.3, -0.25) is 4.79 Å². The molecular weight excluding hydrogens is 167 g/mol. The van der Waals surface area contributed by atoms with Gasteiger partial charge in [0.15, 0.2) is 0 Å². The van der Waals surface area contributed by atoms with E-state index in [1.165, 1.54) is 0 Å². The number of aliphatic carboxylic acids is 1. The molecule has 1 N–H and O–H groups in total. The zero-order valence-corrected chi connectivity index (χ0v) is 8.43. The standard InChI is InChI=1S/C4H6O4S.Na/c5-3(6)1-8-2-4(7)9;/h1-2H2,(H,5,6)(H,7,9);. The van der Waals surface area contributed by atoms with Crippen LogP contribution in [0.2, 0.25) is 0 Å². The predicted octanol–water partition coefficient (Wildman–Crippen LogP) is -0.837. The van der Waals surface area contributed by atoms with Gasteiger partial charge < -0.3 is 9.84 Å². The summed E-state index contributed by atoms with van der Waals surface area (Å²) in [5, 5.41) is 7.49. The Kier molecular flexibility index (Phi) is 9.88. The van der Waals surface area contributed by atoms with E-state index in [-0.39, 0.29) is 36.2 Å². The van der Waals surface area contributed by atoms with Gasteiger partial charge in [-0.15, -0.1) is 12.6 Å². The molecule has 0 spiro atoms. The van der Waals surface area contributed by atoms with Crippen LogP contribution in [0.4, 0.5) is 0 Å². The second-order valence-electron chi connectivity index (χ2n) is 1.28. The van der Waals surface area contributed by atoms with Crippen LogP contribution in [0.25, 0.3) is 0 Å². The number of thiol groups is 1. The molecule has 0 unspecified atom stereocenters. The first-order valence-corrected chi connectivity index (χ1v) is 2.59. The minimum absolute atomic E-state index is 0. The molecule has 0 fully saturated rings. The van der Waals surface area contributed by atoms with Gasteiger partial charge in [0, 0.05) is 29.6 Å². The number of carboxylic acid groups (broad SMARTS) is 1. The van der Waals surface area contributed by atoms with Crippen LogP contribution in [-0.4, -0.2) is 59.0 Å². The first-order valence-electron chi connectivity index (χ1n) is 2.14. The van der Waals surface area contributed by atoms with Crippen LogP contribution in [0, 0.1) is 0 Å². The second-order valence-corrected chi connectivity index (χ2v) is 1.78. The van der Waals surface area contributed by atoms with E-state index >= 15 is 0 Å². The molecule has 0 aromatic heterocycles. The topological polar surface area (TPSA) is 63.6 Å². The molecule has 0 aliphatic carbocycles. The van der Waals surface area contributed by atoms with Crippen molar-refractivity contribution in [3.05, 3.63) is 0 Å². The van der Waals surface area contributed by atoms with Crippen molar-refractivity contribution in [3.63, 3.8) is 0 Å². The summed E-state index contributed by atoms with van der Waals surface area (Å²) in [6, 6.07) is 0. The molecule has 0 aliphatic heterocycles. The van der Waals surface area contributed by atoms with Crippen molar-refractivity contribution in [2.24, 2.45) is 0 Å². The average molecular weight is 173 g/mol. The van der Waals surface area contributed by atoms with Crippen molar-refractivity contribution in [1.82, 2.24) is 0 Å². The quantitative estimate of drug-likeness (QED) is 0.430. The number of carboxylic acids is 1. The minimum Gasteiger partial charge on any atom is -0.480 e. The van der Waals surface area contributed by atoms with Crippen LogP contribution < -0.4 is 0 Å². The molecular formula is C4H6NaO4S. The molecule has 0 heterocycles. The molecule has 0 saturated heterocycles. The normalized spacial score (nSPS) is 8.10. The van der Waals surface area contributed by atoms with Crippen LogP contribution in [0.3, 0.4) is 0 Å². The van der Waals surface area contributed by atoms with Gasteiger partial charge in [-0.05, 0) is 0 Å². The van der Waals surface area contributed by atoms with E-state index in [4.69, 9.17) is 5.11 Å². The summed E-state index contributed by atoms with van der Waals surface area (Å²) >= 11 is 3.34. The van der Waals surface area contributed by atoms with Crippen LogP contribution in [0.15, 0.2) is 0 Å². The van der Waals surface area contributed by atoms with Crippen LogP contribution in [0.5, 0.6) is 0 Å². The molecule has 0 rings (SSSR count). The first kappa shape index (κ1) is 13.1. The molecule has 0 aromatic carbocycles. The Labute approximate surface area is 85.6 Å². The zero-order valence-electron chi connectivity index (χ0n) is 5.53. The molecule has 1 radical (unpaired) electrons. The number of hydrogen-bond acceptors (Lipinski definition) is 3. The Balaban J connectivity index is 0. The molecule has 0 atom stereocenters. The SMILES string of the molecule is O=C(O)COCC(=O)S.[Na]. The molecule has 0 amide bonds. The van der Waals surface area contributed by atoms with E-state index in [0.29, 0.717) is 0 Å². The third kappa shape index (κ3) is 11.3. The molecule has 4 nitrogen and oxygen atoms in total. The third-order valence-corrected chi connectivity index (χ3v) is 0.580. The maximum atomic E-state index is 9.97.